The van der Waals surface area contributed by atoms with Crippen LogP contribution in [0.2, 0.25) is 0 Å². The lowest BCUT2D eigenvalue weighted by molar-refractivity contribution is 0.0417. The summed E-state index contributed by atoms with van der Waals surface area (Å²) in [6.07, 6.45) is 1.10. The van der Waals surface area contributed by atoms with Crippen LogP contribution in [0.15, 0.2) is 28.7 Å². The molecule has 0 bridgehead atoms. The minimum absolute atomic E-state index is 0.0350. The Morgan fingerprint density at radius 1 is 1.35 bits per heavy atom. The maximum absolute atomic E-state index is 11.9. The van der Waals surface area contributed by atoms with Crippen LogP contribution >= 0.6 is 15.9 Å². The van der Waals surface area contributed by atoms with Crippen molar-refractivity contribution < 1.29 is 9.53 Å². The highest BCUT2D eigenvalue weighted by Crippen LogP contribution is 2.14. The maximum atomic E-state index is 11.9. The molecule has 2 rings (SSSR count). The average molecular weight is 341 g/mol. The third-order valence-electron chi connectivity index (χ3n) is 3.63. The number of benzene rings is 1. The number of halogens is 1. The Kier molecular flexibility index (Phi) is 6.01. The predicted octanol–water partition coefficient (Wildman–Crippen LogP) is 2.19. The number of nitrogens with one attached hydrogen (secondary N) is 2. The summed E-state index contributed by atoms with van der Waals surface area (Å²) in [4.78, 5) is 11.9. The van der Waals surface area contributed by atoms with Gasteiger partial charge in [-0.05, 0) is 36.6 Å². The summed E-state index contributed by atoms with van der Waals surface area (Å²) in [7, 11) is 0. The van der Waals surface area contributed by atoms with Crippen LogP contribution in [0, 0.1) is 5.92 Å². The molecule has 0 spiro atoms. The van der Waals surface area contributed by atoms with Crippen LogP contribution < -0.4 is 10.6 Å². The smallest absolute Gasteiger partial charge is 0.251 e. The highest BCUT2D eigenvalue weighted by Gasteiger charge is 2.20. The third kappa shape index (κ3) is 4.58. The van der Waals surface area contributed by atoms with E-state index in [1.165, 1.54) is 0 Å². The van der Waals surface area contributed by atoms with Crippen molar-refractivity contribution in [2.75, 3.05) is 26.3 Å². The first-order valence-electron chi connectivity index (χ1n) is 7.01. The molecule has 1 aromatic carbocycles. The van der Waals surface area contributed by atoms with Crippen molar-refractivity contribution in [1.82, 2.24) is 10.6 Å². The van der Waals surface area contributed by atoms with E-state index in [1.807, 2.05) is 24.3 Å². The standard InChI is InChI=1S/C15H21BrN2O2/c1-11-6-9-20-10-14(11)17-7-8-18-15(19)12-2-4-13(16)5-3-12/h2-5,11,14,17H,6-10H2,1H3,(H,18,19). The van der Waals surface area contributed by atoms with Crippen LogP contribution in [0.25, 0.3) is 0 Å². The Balaban J connectivity index is 1.67. The van der Waals surface area contributed by atoms with Crippen molar-refractivity contribution in [1.29, 1.82) is 0 Å². The molecule has 0 radical (unpaired) electrons. The van der Waals surface area contributed by atoms with Gasteiger partial charge in [0.05, 0.1) is 6.61 Å². The van der Waals surface area contributed by atoms with Gasteiger partial charge in [0.2, 0.25) is 0 Å². The van der Waals surface area contributed by atoms with E-state index in [0.717, 1.165) is 30.7 Å². The van der Waals surface area contributed by atoms with Gasteiger partial charge in [0.15, 0.2) is 0 Å². The summed E-state index contributed by atoms with van der Waals surface area (Å²) in [5.41, 5.74) is 0.683. The fraction of sp³-hybridized carbons (Fsp3) is 0.533. The average Bonchev–Trinajstić information content (AvgIpc) is 2.46. The second-order valence-electron chi connectivity index (χ2n) is 5.16. The van der Waals surface area contributed by atoms with Gasteiger partial charge >= 0.3 is 0 Å². The molecule has 2 N–H and O–H groups in total. The molecule has 2 atom stereocenters. The summed E-state index contributed by atoms with van der Waals surface area (Å²) in [5, 5.41) is 6.36. The molecule has 2 unspecified atom stereocenters. The van der Waals surface area contributed by atoms with Crippen LogP contribution in [0.1, 0.15) is 23.7 Å². The first kappa shape index (κ1) is 15.5. The molecule has 110 valence electrons. The Morgan fingerprint density at radius 2 is 2.10 bits per heavy atom. The number of amides is 1. The summed E-state index contributed by atoms with van der Waals surface area (Å²) in [5.74, 6) is 0.596. The Labute approximate surface area is 128 Å². The van der Waals surface area contributed by atoms with Crippen LogP contribution in [0.5, 0.6) is 0 Å². The summed E-state index contributed by atoms with van der Waals surface area (Å²) in [6, 6.07) is 7.75. The Hall–Kier alpha value is -0.910. The van der Waals surface area contributed by atoms with Gasteiger partial charge in [-0.2, -0.15) is 0 Å². The first-order valence-corrected chi connectivity index (χ1v) is 7.81. The van der Waals surface area contributed by atoms with Crippen molar-refractivity contribution in [2.24, 2.45) is 5.92 Å². The van der Waals surface area contributed by atoms with Crippen LogP contribution in [-0.2, 0) is 4.74 Å². The fourth-order valence-corrected chi connectivity index (χ4v) is 2.51. The van der Waals surface area contributed by atoms with E-state index >= 15 is 0 Å². The number of carbonyl (C=O) groups excluding carboxylic acids is 1. The second kappa shape index (κ2) is 7.76. The van der Waals surface area contributed by atoms with E-state index in [-0.39, 0.29) is 5.91 Å². The van der Waals surface area contributed by atoms with Gasteiger partial charge in [-0.1, -0.05) is 22.9 Å². The van der Waals surface area contributed by atoms with Crippen molar-refractivity contribution in [3.8, 4) is 0 Å². The van der Waals surface area contributed by atoms with Gasteiger partial charge in [0.25, 0.3) is 5.91 Å². The third-order valence-corrected chi connectivity index (χ3v) is 4.15. The topological polar surface area (TPSA) is 50.4 Å². The highest BCUT2D eigenvalue weighted by molar-refractivity contribution is 9.10. The molecular weight excluding hydrogens is 320 g/mol. The molecule has 20 heavy (non-hydrogen) atoms. The molecule has 1 aliphatic rings. The summed E-state index contributed by atoms with van der Waals surface area (Å²) < 4.78 is 6.43. The molecule has 1 aliphatic heterocycles. The van der Waals surface area contributed by atoms with Gasteiger partial charge in [0.1, 0.15) is 0 Å². The molecule has 1 amide bonds. The molecule has 0 saturated carbocycles. The molecule has 4 nitrogen and oxygen atoms in total. The Morgan fingerprint density at radius 3 is 2.80 bits per heavy atom. The zero-order valence-corrected chi connectivity index (χ0v) is 13.3. The molecule has 1 fully saturated rings. The highest BCUT2D eigenvalue weighted by atomic mass is 79.9. The number of rotatable bonds is 5. The van der Waals surface area contributed by atoms with Crippen LogP contribution in [0.3, 0.4) is 0 Å². The molecule has 1 saturated heterocycles. The molecule has 0 aliphatic carbocycles. The number of hydrogen-bond donors (Lipinski definition) is 2. The maximum Gasteiger partial charge on any atom is 0.251 e. The van der Waals surface area contributed by atoms with E-state index in [1.54, 1.807) is 0 Å². The van der Waals surface area contributed by atoms with Crippen LogP contribution in [-0.4, -0.2) is 38.3 Å². The summed E-state index contributed by atoms with van der Waals surface area (Å²) >= 11 is 3.35. The zero-order chi connectivity index (χ0) is 14.4. The minimum Gasteiger partial charge on any atom is -0.380 e. The quantitative estimate of drug-likeness (QED) is 0.808. The van der Waals surface area contributed by atoms with E-state index in [2.05, 4.69) is 33.5 Å². The van der Waals surface area contributed by atoms with E-state index < -0.39 is 0 Å². The first-order chi connectivity index (χ1) is 9.66. The normalized spacial score (nSPS) is 22.5. The molecule has 0 aromatic heterocycles. The van der Waals surface area contributed by atoms with E-state index in [4.69, 9.17) is 4.74 Å². The van der Waals surface area contributed by atoms with E-state index in [9.17, 15) is 4.79 Å². The number of carbonyl (C=O) groups is 1. The molecular formula is C15H21BrN2O2. The van der Waals surface area contributed by atoms with E-state index in [0.29, 0.717) is 24.1 Å². The SMILES string of the molecule is CC1CCOCC1NCCNC(=O)c1ccc(Br)cc1. The van der Waals surface area contributed by atoms with Gasteiger partial charge < -0.3 is 15.4 Å². The van der Waals surface area contributed by atoms with Gasteiger partial charge in [0, 0.05) is 35.8 Å². The van der Waals surface area contributed by atoms with Crippen molar-refractivity contribution in [2.45, 2.75) is 19.4 Å². The number of hydrogen-bond acceptors (Lipinski definition) is 3. The van der Waals surface area contributed by atoms with Gasteiger partial charge in [-0.3, -0.25) is 4.79 Å². The van der Waals surface area contributed by atoms with Gasteiger partial charge in [-0.15, -0.1) is 0 Å². The Bertz CT molecular complexity index is 436. The fourth-order valence-electron chi connectivity index (χ4n) is 2.24. The van der Waals surface area contributed by atoms with Crippen molar-refractivity contribution >= 4 is 21.8 Å². The van der Waals surface area contributed by atoms with Crippen LogP contribution in [0.4, 0.5) is 0 Å². The monoisotopic (exact) mass is 340 g/mol. The second-order valence-corrected chi connectivity index (χ2v) is 6.08. The lowest BCUT2D eigenvalue weighted by atomic mass is 9.97. The zero-order valence-electron chi connectivity index (χ0n) is 11.7. The van der Waals surface area contributed by atoms with Gasteiger partial charge in [-0.25, -0.2) is 0 Å². The van der Waals surface area contributed by atoms with Crippen molar-refractivity contribution in [3.05, 3.63) is 34.3 Å². The molecule has 5 heteroatoms. The summed E-state index contributed by atoms with van der Waals surface area (Å²) in [6.45, 7) is 5.25. The lowest BCUT2D eigenvalue weighted by Gasteiger charge is -2.29. The number of ether oxygens (including phenoxy) is 1. The predicted molar refractivity (Wildman–Crippen MR) is 82.9 cm³/mol. The lowest BCUT2D eigenvalue weighted by Crippen LogP contribution is -2.45. The minimum atomic E-state index is -0.0350. The molecule has 1 heterocycles. The van der Waals surface area contributed by atoms with Crippen molar-refractivity contribution in [3.63, 3.8) is 0 Å². The largest absolute Gasteiger partial charge is 0.380 e. The molecule has 1 aromatic rings.